The molecule has 0 spiro atoms. The summed E-state index contributed by atoms with van der Waals surface area (Å²) in [5.74, 6) is 1.25. The van der Waals surface area contributed by atoms with E-state index in [1.54, 1.807) is 19.5 Å². The molecule has 0 radical (unpaired) electrons. The number of rotatable bonds is 6. The van der Waals surface area contributed by atoms with Crippen molar-refractivity contribution in [3.63, 3.8) is 0 Å². The Kier molecular flexibility index (Phi) is 6.73. The highest BCUT2D eigenvalue weighted by molar-refractivity contribution is 7.18. The van der Waals surface area contributed by atoms with Crippen molar-refractivity contribution in [3.05, 3.63) is 35.6 Å². The molecule has 34 heavy (non-hydrogen) atoms. The maximum Gasteiger partial charge on any atom is 0.227 e. The van der Waals surface area contributed by atoms with E-state index < -0.39 is 0 Å². The summed E-state index contributed by atoms with van der Waals surface area (Å²) >= 11 is 7.94. The largest absolute Gasteiger partial charge is 0.495 e. The highest BCUT2D eigenvalue weighted by Crippen LogP contribution is 2.36. The third kappa shape index (κ3) is 4.90. The van der Waals surface area contributed by atoms with E-state index in [0.29, 0.717) is 23.2 Å². The second-order valence-corrected chi connectivity index (χ2v) is 10.0. The number of piperazine rings is 1. The average Bonchev–Trinajstić information content (AvgIpc) is 3.50. The fourth-order valence-electron chi connectivity index (χ4n) is 4.23. The lowest BCUT2D eigenvalue weighted by molar-refractivity contribution is 0.198. The van der Waals surface area contributed by atoms with Gasteiger partial charge in [0.25, 0.3) is 0 Å². The van der Waals surface area contributed by atoms with Crippen LogP contribution in [0, 0.1) is 0 Å². The fraction of sp³-hybridized carbons (Fsp3) is 0.435. The van der Waals surface area contributed by atoms with E-state index in [0.717, 1.165) is 66.3 Å². The molecule has 11 heteroatoms. The number of thiazole rings is 1. The quantitative estimate of drug-likeness (QED) is 0.527. The topological polar surface area (TPSA) is 89.9 Å². The van der Waals surface area contributed by atoms with Crippen molar-refractivity contribution in [2.24, 2.45) is 0 Å². The molecule has 180 valence electrons. The predicted octanol–water partition coefficient (Wildman–Crippen LogP) is 3.33. The number of aromatic nitrogens is 3. The standard InChI is InChI=1S/C23H28ClN7O2S/c1-29-7-9-30(10-8-29)18-4-3-15(11-19(18)33-2)27-22-25-12-17(24)21(28-22)20-13-26-23(34-20)31-6-5-16(32)14-31/h3-4,11-13,16,32H,5-10,14H2,1-2H3,(H,25,27,28)/t16-/m0/s1. The van der Waals surface area contributed by atoms with Crippen LogP contribution in [0.2, 0.25) is 5.02 Å². The van der Waals surface area contributed by atoms with E-state index in [4.69, 9.17) is 16.3 Å². The summed E-state index contributed by atoms with van der Waals surface area (Å²) in [5, 5.41) is 14.4. The van der Waals surface area contributed by atoms with Gasteiger partial charge < -0.3 is 29.9 Å². The number of β-amino-alcohol motifs (C(OH)–C–C–N with tert-alkyl or cyclic N) is 1. The monoisotopic (exact) mass is 501 g/mol. The highest BCUT2D eigenvalue weighted by Gasteiger charge is 2.24. The first-order valence-electron chi connectivity index (χ1n) is 11.3. The van der Waals surface area contributed by atoms with Gasteiger partial charge in [0.1, 0.15) is 11.4 Å². The van der Waals surface area contributed by atoms with Crippen molar-refractivity contribution in [2.45, 2.75) is 12.5 Å². The molecule has 5 rings (SSSR count). The minimum absolute atomic E-state index is 0.301. The summed E-state index contributed by atoms with van der Waals surface area (Å²) in [6.07, 6.45) is 3.83. The van der Waals surface area contributed by atoms with Gasteiger partial charge in [-0.25, -0.2) is 15.0 Å². The Balaban J connectivity index is 1.34. The summed E-state index contributed by atoms with van der Waals surface area (Å²) in [7, 11) is 3.84. The predicted molar refractivity (Wildman–Crippen MR) is 137 cm³/mol. The van der Waals surface area contributed by atoms with Gasteiger partial charge in [0.2, 0.25) is 5.95 Å². The van der Waals surface area contributed by atoms with Crippen molar-refractivity contribution < 1.29 is 9.84 Å². The Bertz CT molecular complexity index is 1150. The van der Waals surface area contributed by atoms with Gasteiger partial charge in [-0.15, -0.1) is 0 Å². The number of halogens is 1. The molecule has 2 aliphatic rings. The van der Waals surface area contributed by atoms with Gasteiger partial charge in [-0.2, -0.15) is 0 Å². The van der Waals surface area contributed by atoms with Crippen LogP contribution < -0.4 is 19.9 Å². The van der Waals surface area contributed by atoms with Crippen LogP contribution in [0.4, 0.5) is 22.5 Å². The first kappa shape index (κ1) is 23.1. The second-order valence-electron chi connectivity index (χ2n) is 8.59. The molecule has 2 N–H and O–H groups in total. The third-order valence-corrected chi connectivity index (χ3v) is 7.53. The molecule has 2 fully saturated rings. The Morgan fingerprint density at radius 1 is 1.12 bits per heavy atom. The number of aliphatic hydroxyl groups is 1. The SMILES string of the molecule is COc1cc(Nc2ncc(Cl)c(-c3cnc(N4CC[C@H](O)C4)s3)n2)ccc1N1CCN(C)CC1. The lowest BCUT2D eigenvalue weighted by Crippen LogP contribution is -2.44. The first-order valence-corrected chi connectivity index (χ1v) is 12.5. The number of hydrogen-bond acceptors (Lipinski definition) is 10. The number of likely N-dealkylation sites (N-methyl/N-ethyl adjacent to an activating group) is 1. The molecule has 2 saturated heterocycles. The van der Waals surface area contributed by atoms with E-state index in [9.17, 15) is 5.11 Å². The Morgan fingerprint density at radius 2 is 1.94 bits per heavy atom. The summed E-state index contributed by atoms with van der Waals surface area (Å²) in [6.45, 7) is 5.39. The molecule has 0 bridgehead atoms. The van der Waals surface area contributed by atoms with E-state index in [1.165, 1.54) is 11.3 Å². The molecule has 0 aliphatic carbocycles. The molecule has 1 atom stereocenters. The molecule has 4 heterocycles. The minimum atomic E-state index is -0.301. The molecule has 9 nitrogen and oxygen atoms in total. The van der Waals surface area contributed by atoms with Crippen molar-refractivity contribution >= 4 is 45.4 Å². The lowest BCUT2D eigenvalue weighted by Gasteiger charge is -2.34. The zero-order chi connectivity index (χ0) is 23.7. The molecule has 0 saturated carbocycles. The average molecular weight is 502 g/mol. The van der Waals surface area contributed by atoms with Crippen molar-refractivity contribution in [1.29, 1.82) is 0 Å². The van der Waals surface area contributed by atoms with E-state index in [2.05, 4.69) is 48.1 Å². The smallest absolute Gasteiger partial charge is 0.227 e. The maximum absolute atomic E-state index is 9.82. The molecular weight excluding hydrogens is 474 g/mol. The van der Waals surface area contributed by atoms with Crippen LogP contribution in [0.25, 0.3) is 10.6 Å². The zero-order valence-corrected chi connectivity index (χ0v) is 20.8. The summed E-state index contributed by atoms with van der Waals surface area (Å²) in [5.41, 5.74) is 2.55. The van der Waals surface area contributed by atoms with Crippen molar-refractivity contribution in [3.8, 4) is 16.3 Å². The summed E-state index contributed by atoms with van der Waals surface area (Å²) < 4.78 is 5.69. The zero-order valence-electron chi connectivity index (χ0n) is 19.2. The maximum atomic E-state index is 9.82. The number of nitrogens with zero attached hydrogens (tertiary/aromatic N) is 6. The summed E-state index contributed by atoms with van der Waals surface area (Å²) in [6, 6.07) is 6.05. The molecule has 2 aromatic heterocycles. The number of anilines is 4. The molecular formula is C23H28ClN7O2S. The van der Waals surface area contributed by atoms with Gasteiger partial charge in [0, 0.05) is 57.2 Å². The summed E-state index contributed by atoms with van der Waals surface area (Å²) in [4.78, 5) is 21.2. The number of hydrogen-bond donors (Lipinski definition) is 2. The van der Waals surface area contributed by atoms with Crippen molar-refractivity contribution in [2.75, 3.05) is 68.5 Å². The van der Waals surface area contributed by atoms with Gasteiger partial charge in [0.15, 0.2) is 5.13 Å². The fourth-order valence-corrected chi connectivity index (χ4v) is 5.43. The van der Waals surface area contributed by atoms with Gasteiger partial charge >= 0.3 is 0 Å². The van der Waals surface area contributed by atoms with E-state index in [-0.39, 0.29) is 6.10 Å². The molecule has 3 aromatic rings. The van der Waals surface area contributed by atoms with Crippen LogP contribution in [-0.2, 0) is 0 Å². The normalized spacial score (nSPS) is 19.0. The van der Waals surface area contributed by atoms with Crippen LogP contribution in [-0.4, -0.2) is 84.5 Å². The van der Waals surface area contributed by atoms with Crippen molar-refractivity contribution in [1.82, 2.24) is 19.9 Å². The van der Waals surface area contributed by atoms with E-state index in [1.807, 2.05) is 12.1 Å². The number of ether oxygens (including phenoxy) is 1. The molecule has 0 amide bonds. The molecule has 1 aromatic carbocycles. The van der Waals surface area contributed by atoms with Crippen LogP contribution >= 0.6 is 22.9 Å². The van der Waals surface area contributed by atoms with E-state index >= 15 is 0 Å². The second kappa shape index (κ2) is 9.91. The third-order valence-electron chi connectivity index (χ3n) is 6.18. The molecule has 2 aliphatic heterocycles. The van der Waals surface area contributed by atoms with Crippen LogP contribution in [0.5, 0.6) is 5.75 Å². The minimum Gasteiger partial charge on any atom is -0.495 e. The first-order chi connectivity index (χ1) is 16.5. The van der Waals surface area contributed by atoms with Gasteiger partial charge in [0.05, 0.1) is 35.0 Å². The van der Waals surface area contributed by atoms with Gasteiger partial charge in [-0.05, 0) is 25.6 Å². The Morgan fingerprint density at radius 3 is 2.68 bits per heavy atom. The van der Waals surface area contributed by atoms with Gasteiger partial charge in [-0.3, -0.25) is 0 Å². The van der Waals surface area contributed by atoms with Crippen LogP contribution in [0.15, 0.2) is 30.6 Å². The number of methoxy groups -OCH3 is 1. The number of benzene rings is 1. The highest BCUT2D eigenvalue weighted by atomic mass is 35.5. The van der Waals surface area contributed by atoms with Crippen LogP contribution in [0.1, 0.15) is 6.42 Å². The molecule has 0 unspecified atom stereocenters. The van der Waals surface area contributed by atoms with Crippen LogP contribution in [0.3, 0.4) is 0 Å². The Hall–Kier alpha value is -2.66. The lowest BCUT2D eigenvalue weighted by atomic mass is 10.2. The van der Waals surface area contributed by atoms with Gasteiger partial charge in [-0.1, -0.05) is 22.9 Å². The number of nitrogens with one attached hydrogen (secondary N) is 1. The number of aliphatic hydroxyl groups excluding tert-OH is 1. The Labute approximate surface area is 208 Å².